The number of quaternary nitrogens is 1. The minimum atomic E-state index is -4.58. The first-order valence-corrected chi connectivity index (χ1v) is 27.2. The van der Waals surface area contributed by atoms with Crippen LogP contribution in [0.1, 0.15) is 245 Å². The predicted molar refractivity (Wildman–Crippen MR) is 256 cm³/mol. The Labute approximate surface area is 373 Å². The molecule has 0 aliphatic carbocycles. The van der Waals surface area contributed by atoms with Crippen LogP contribution in [0.2, 0.25) is 0 Å². The fourth-order valence-corrected chi connectivity index (χ4v) is 8.28. The van der Waals surface area contributed by atoms with E-state index in [1.165, 1.54) is 186 Å². The highest BCUT2D eigenvalue weighted by atomic mass is 31.2. The largest absolute Gasteiger partial charge is 0.756 e. The molecular weight excluding hydrogens is 768 g/mol. The molecule has 0 saturated heterocycles. The number of allylic oxidation sites excluding steroid dienone is 3. The molecule has 0 spiro atoms. The van der Waals surface area contributed by atoms with Crippen molar-refractivity contribution in [1.82, 2.24) is 5.32 Å². The minimum Gasteiger partial charge on any atom is -0.756 e. The summed E-state index contributed by atoms with van der Waals surface area (Å²) in [7, 11) is 1.27. The molecular formula is C51H101N2O6P. The zero-order valence-electron chi connectivity index (χ0n) is 40.4. The molecule has 0 radical (unpaired) electrons. The van der Waals surface area contributed by atoms with Gasteiger partial charge in [0.25, 0.3) is 7.82 Å². The lowest BCUT2D eigenvalue weighted by Gasteiger charge is -2.29. The average molecular weight is 869 g/mol. The summed E-state index contributed by atoms with van der Waals surface area (Å²) in [5, 5.41) is 13.8. The summed E-state index contributed by atoms with van der Waals surface area (Å²) in [6.45, 7) is 4.65. The van der Waals surface area contributed by atoms with Gasteiger partial charge in [-0.15, -0.1) is 0 Å². The summed E-state index contributed by atoms with van der Waals surface area (Å²) in [5.41, 5.74) is 0. The Morgan fingerprint density at radius 2 is 0.917 bits per heavy atom. The zero-order chi connectivity index (χ0) is 44.3. The molecule has 1 amide bonds. The van der Waals surface area contributed by atoms with Crippen LogP contribution in [0.3, 0.4) is 0 Å². The number of nitrogens with zero attached hydrogens (tertiary/aromatic N) is 1. The molecule has 0 aliphatic rings. The molecule has 3 unspecified atom stereocenters. The highest BCUT2D eigenvalue weighted by Crippen LogP contribution is 2.38. The number of nitrogens with one attached hydrogen (secondary N) is 1. The molecule has 0 aromatic carbocycles. The van der Waals surface area contributed by atoms with Gasteiger partial charge in [-0.2, -0.15) is 0 Å². The number of amides is 1. The topological polar surface area (TPSA) is 108 Å². The number of rotatable bonds is 47. The smallest absolute Gasteiger partial charge is 0.268 e. The van der Waals surface area contributed by atoms with Crippen LogP contribution in [-0.4, -0.2) is 68.5 Å². The average Bonchev–Trinajstić information content (AvgIpc) is 3.20. The molecule has 0 heterocycles. The Hall–Kier alpha value is -1.02. The fraction of sp³-hybridized carbons (Fsp3) is 0.902. The van der Waals surface area contributed by atoms with Crippen LogP contribution >= 0.6 is 7.82 Å². The van der Waals surface area contributed by atoms with Crippen molar-refractivity contribution in [2.75, 3.05) is 40.9 Å². The quantitative estimate of drug-likeness (QED) is 0.0273. The van der Waals surface area contributed by atoms with E-state index in [9.17, 15) is 19.4 Å². The third-order valence-electron chi connectivity index (χ3n) is 11.7. The number of unbranched alkanes of at least 4 members (excludes halogenated alkanes) is 32. The third-order valence-corrected chi connectivity index (χ3v) is 12.6. The second kappa shape index (κ2) is 43.2. The summed E-state index contributed by atoms with van der Waals surface area (Å²) >= 11 is 0. The van der Waals surface area contributed by atoms with Crippen molar-refractivity contribution in [3.8, 4) is 0 Å². The van der Waals surface area contributed by atoms with Crippen LogP contribution in [-0.2, 0) is 18.4 Å². The van der Waals surface area contributed by atoms with Crippen LogP contribution in [0, 0.1) is 0 Å². The number of aliphatic hydroxyl groups excluding tert-OH is 1. The maximum atomic E-state index is 12.9. The number of hydrogen-bond donors (Lipinski definition) is 2. The molecule has 60 heavy (non-hydrogen) atoms. The molecule has 9 heteroatoms. The lowest BCUT2D eigenvalue weighted by atomic mass is 10.0. The molecule has 2 N–H and O–H groups in total. The van der Waals surface area contributed by atoms with Crippen LogP contribution < -0.4 is 10.2 Å². The second-order valence-electron chi connectivity index (χ2n) is 18.9. The fourth-order valence-electron chi connectivity index (χ4n) is 7.56. The Bertz CT molecular complexity index is 1030. The van der Waals surface area contributed by atoms with Crippen molar-refractivity contribution in [2.45, 2.75) is 257 Å². The van der Waals surface area contributed by atoms with Gasteiger partial charge in [-0.25, -0.2) is 0 Å². The van der Waals surface area contributed by atoms with Gasteiger partial charge >= 0.3 is 0 Å². The van der Waals surface area contributed by atoms with Crippen LogP contribution in [0.5, 0.6) is 0 Å². The van der Waals surface area contributed by atoms with E-state index in [0.717, 1.165) is 38.5 Å². The maximum absolute atomic E-state index is 12.9. The van der Waals surface area contributed by atoms with Gasteiger partial charge in [-0.05, 0) is 44.9 Å². The van der Waals surface area contributed by atoms with Crippen LogP contribution in [0.4, 0.5) is 0 Å². The summed E-state index contributed by atoms with van der Waals surface area (Å²) in [4.78, 5) is 25.3. The van der Waals surface area contributed by atoms with Gasteiger partial charge < -0.3 is 28.8 Å². The normalized spacial score (nSPS) is 14.3. The molecule has 8 nitrogen and oxygen atoms in total. The van der Waals surface area contributed by atoms with E-state index in [4.69, 9.17) is 9.05 Å². The van der Waals surface area contributed by atoms with E-state index >= 15 is 0 Å². The number of carbonyl (C=O) groups is 1. The molecule has 0 fully saturated rings. The zero-order valence-corrected chi connectivity index (χ0v) is 41.3. The first kappa shape index (κ1) is 59.0. The van der Waals surface area contributed by atoms with E-state index in [-0.39, 0.29) is 19.1 Å². The van der Waals surface area contributed by atoms with Gasteiger partial charge in [0.15, 0.2) is 0 Å². The Kier molecular flexibility index (Phi) is 42.5. The monoisotopic (exact) mass is 869 g/mol. The maximum Gasteiger partial charge on any atom is 0.268 e. The standard InChI is InChI=1S/C51H101N2O6P/c1-6-8-10-12-14-16-18-19-20-21-22-23-24-25-26-27-28-29-30-31-32-33-35-37-39-41-43-45-51(55)52-49(48-59-60(56,57)58-47-46-53(3,4)5)50(54)44-42-40-38-36-34-17-15-13-11-9-7-2/h21-22,42,44,49-50,54H,6-20,23-41,43,45-48H2,1-5H3,(H-,52,55,56,57)/b22-21-,44-42+. The third kappa shape index (κ3) is 45.0. The van der Waals surface area contributed by atoms with Crippen molar-refractivity contribution < 1.29 is 32.9 Å². The van der Waals surface area contributed by atoms with E-state index in [0.29, 0.717) is 17.4 Å². The Morgan fingerprint density at radius 3 is 1.30 bits per heavy atom. The molecule has 0 aromatic heterocycles. The van der Waals surface area contributed by atoms with Gasteiger partial charge in [-0.3, -0.25) is 9.36 Å². The number of carbonyl (C=O) groups excluding carboxylic acids is 1. The van der Waals surface area contributed by atoms with Gasteiger partial charge in [0, 0.05) is 6.42 Å². The summed E-state index contributed by atoms with van der Waals surface area (Å²) < 4.78 is 23.2. The van der Waals surface area contributed by atoms with Crippen LogP contribution in [0.15, 0.2) is 24.3 Å². The first-order valence-electron chi connectivity index (χ1n) is 25.7. The van der Waals surface area contributed by atoms with Gasteiger partial charge in [0.2, 0.25) is 5.91 Å². The van der Waals surface area contributed by atoms with E-state index in [1.54, 1.807) is 6.08 Å². The van der Waals surface area contributed by atoms with Crippen molar-refractivity contribution in [2.24, 2.45) is 0 Å². The van der Waals surface area contributed by atoms with Crippen molar-refractivity contribution in [1.29, 1.82) is 0 Å². The van der Waals surface area contributed by atoms with Crippen molar-refractivity contribution in [3.05, 3.63) is 24.3 Å². The minimum absolute atomic E-state index is 0.000689. The molecule has 0 aromatic rings. The number of aliphatic hydroxyl groups is 1. The molecule has 0 rings (SSSR count). The Morgan fingerprint density at radius 1 is 0.567 bits per heavy atom. The van der Waals surface area contributed by atoms with Gasteiger partial charge in [0.05, 0.1) is 39.9 Å². The van der Waals surface area contributed by atoms with Crippen molar-refractivity contribution >= 4 is 13.7 Å². The summed E-state index contributed by atoms with van der Waals surface area (Å²) in [6, 6.07) is -0.882. The SMILES string of the molecule is CCCCCCCCCC/C=C\CCCCCCCCCCCCCCCCCC(=O)NC(COP(=O)([O-])OCC[N+](C)(C)C)C(O)/C=C/CCCCCCCCCCC. The molecule has 3 atom stereocenters. The number of phosphoric ester groups is 1. The van der Waals surface area contributed by atoms with E-state index in [1.807, 2.05) is 27.2 Å². The summed E-state index contributed by atoms with van der Waals surface area (Å²) in [5.74, 6) is -0.196. The highest BCUT2D eigenvalue weighted by Gasteiger charge is 2.23. The summed E-state index contributed by atoms with van der Waals surface area (Å²) in [6.07, 6.45) is 52.5. The predicted octanol–water partition coefficient (Wildman–Crippen LogP) is 14.2. The van der Waals surface area contributed by atoms with Gasteiger partial charge in [-0.1, -0.05) is 218 Å². The van der Waals surface area contributed by atoms with Crippen molar-refractivity contribution in [3.63, 3.8) is 0 Å². The van der Waals surface area contributed by atoms with Gasteiger partial charge in [0.1, 0.15) is 13.2 Å². The molecule has 0 bridgehead atoms. The molecule has 0 saturated carbocycles. The molecule has 0 aliphatic heterocycles. The van der Waals surface area contributed by atoms with E-state index in [2.05, 4.69) is 31.3 Å². The number of phosphoric acid groups is 1. The van der Waals surface area contributed by atoms with Crippen LogP contribution in [0.25, 0.3) is 0 Å². The second-order valence-corrected chi connectivity index (χ2v) is 20.3. The lowest BCUT2D eigenvalue weighted by molar-refractivity contribution is -0.870. The first-order chi connectivity index (χ1) is 29.0. The number of likely N-dealkylation sites (N-methyl/N-ethyl adjacent to an activating group) is 1. The van der Waals surface area contributed by atoms with E-state index < -0.39 is 20.0 Å². The lowest BCUT2D eigenvalue weighted by Crippen LogP contribution is -2.45. The molecule has 356 valence electrons. The Balaban J connectivity index is 4.09. The number of hydrogen-bond acceptors (Lipinski definition) is 6. The highest BCUT2D eigenvalue weighted by molar-refractivity contribution is 7.45.